The Labute approximate surface area is 158 Å². The third-order valence-electron chi connectivity index (χ3n) is 4.87. The number of hydrogen-bond acceptors (Lipinski definition) is 2. The lowest BCUT2D eigenvalue weighted by molar-refractivity contribution is -0.125. The van der Waals surface area contributed by atoms with Gasteiger partial charge < -0.3 is 10.6 Å². The maximum absolute atomic E-state index is 12.5. The molecule has 1 saturated carbocycles. The van der Waals surface area contributed by atoms with Crippen LogP contribution in [0, 0.1) is 18.8 Å². The van der Waals surface area contributed by atoms with E-state index in [1.807, 2.05) is 31.2 Å². The van der Waals surface area contributed by atoms with E-state index < -0.39 is 0 Å². The van der Waals surface area contributed by atoms with Crippen molar-refractivity contribution in [2.75, 3.05) is 10.6 Å². The van der Waals surface area contributed by atoms with Crippen molar-refractivity contribution >= 4 is 34.8 Å². The van der Waals surface area contributed by atoms with Crippen LogP contribution in [0.15, 0.2) is 48.5 Å². The highest BCUT2D eigenvalue weighted by molar-refractivity contribution is 6.30. The smallest absolute Gasteiger partial charge is 0.227 e. The van der Waals surface area contributed by atoms with E-state index in [9.17, 15) is 9.59 Å². The van der Waals surface area contributed by atoms with Gasteiger partial charge in [-0.1, -0.05) is 23.7 Å². The number of halogens is 1. The number of rotatable bonds is 4. The largest absolute Gasteiger partial charge is 0.326 e. The normalized spacial score (nSPS) is 19.6. The second-order valence-corrected chi connectivity index (χ2v) is 7.34. The zero-order chi connectivity index (χ0) is 18.5. The first-order valence-corrected chi connectivity index (χ1v) is 9.33. The van der Waals surface area contributed by atoms with Crippen molar-refractivity contribution in [2.45, 2.75) is 32.6 Å². The summed E-state index contributed by atoms with van der Waals surface area (Å²) in [5.74, 6) is -0.0131. The number of anilines is 2. The second-order valence-electron chi connectivity index (χ2n) is 6.90. The van der Waals surface area contributed by atoms with E-state index in [1.54, 1.807) is 24.3 Å². The Kier molecular flexibility index (Phi) is 5.94. The summed E-state index contributed by atoms with van der Waals surface area (Å²) in [6.45, 7) is 2.00. The SMILES string of the molecule is Cc1cccc(NC(=O)C2CCC(C(=O)Nc3ccc(Cl)cc3)CC2)c1. The molecule has 0 aliphatic heterocycles. The highest BCUT2D eigenvalue weighted by atomic mass is 35.5. The molecule has 0 heterocycles. The van der Waals surface area contributed by atoms with E-state index in [0.29, 0.717) is 5.02 Å². The highest BCUT2D eigenvalue weighted by Crippen LogP contribution is 2.30. The summed E-state index contributed by atoms with van der Waals surface area (Å²) in [6.07, 6.45) is 2.92. The molecule has 1 aliphatic carbocycles. The van der Waals surface area contributed by atoms with Crippen LogP contribution in [-0.4, -0.2) is 11.8 Å². The van der Waals surface area contributed by atoms with Gasteiger partial charge in [-0.3, -0.25) is 9.59 Å². The first-order valence-electron chi connectivity index (χ1n) is 8.95. The van der Waals surface area contributed by atoms with Crippen LogP contribution < -0.4 is 10.6 Å². The van der Waals surface area contributed by atoms with Crippen molar-refractivity contribution in [2.24, 2.45) is 11.8 Å². The van der Waals surface area contributed by atoms with E-state index in [2.05, 4.69) is 10.6 Å². The van der Waals surface area contributed by atoms with Crippen LogP contribution in [0.3, 0.4) is 0 Å². The van der Waals surface area contributed by atoms with Gasteiger partial charge in [0.05, 0.1) is 0 Å². The van der Waals surface area contributed by atoms with E-state index in [1.165, 1.54) is 0 Å². The van der Waals surface area contributed by atoms with Gasteiger partial charge in [0.25, 0.3) is 0 Å². The molecule has 2 amide bonds. The van der Waals surface area contributed by atoms with Crippen molar-refractivity contribution in [3.05, 3.63) is 59.1 Å². The summed E-state index contributed by atoms with van der Waals surface area (Å²) in [7, 11) is 0. The molecular weight excluding hydrogens is 348 g/mol. The van der Waals surface area contributed by atoms with E-state index >= 15 is 0 Å². The van der Waals surface area contributed by atoms with Crippen molar-refractivity contribution in [3.63, 3.8) is 0 Å². The molecule has 3 rings (SSSR count). The number of benzene rings is 2. The maximum atomic E-state index is 12.5. The fourth-order valence-corrected chi connectivity index (χ4v) is 3.49. The molecule has 0 unspecified atom stereocenters. The van der Waals surface area contributed by atoms with E-state index in [0.717, 1.165) is 42.6 Å². The second kappa shape index (κ2) is 8.37. The molecule has 0 aromatic heterocycles. The van der Waals surface area contributed by atoms with Gasteiger partial charge in [-0.15, -0.1) is 0 Å². The minimum Gasteiger partial charge on any atom is -0.326 e. The third kappa shape index (κ3) is 4.85. The van der Waals surface area contributed by atoms with Crippen molar-refractivity contribution in [1.29, 1.82) is 0 Å². The number of hydrogen-bond donors (Lipinski definition) is 2. The molecule has 1 aliphatic rings. The maximum Gasteiger partial charge on any atom is 0.227 e. The van der Waals surface area contributed by atoms with Gasteiger partial charge in [-0.05, 0) is 74.6 Å². The van der Waals surface area contributed by atoms with Gasteiger partial charge in [0, 0.05) is 28.2 Å². The number of carbonyl (C=O) groups excluding carboxylic acids is 2. The molecule has 26 heavy (non-hydrogen) atoms. The number of nitrogens with one attached hydrogen (secondary N) is 2. The minimum atomic E-state index is -0.0475. The summed E-state index contributed by atoms with van der Waals surface area (Å²) < 4.78 is 0. The topological polar surface area (TPSA) is 58.2 Å². The quantitative estimate of drug-likeness (QED) is 0.792. The number of carbonyl (C=O) groups is 2. The van der Waals surface area contributed by atoms with Gasteiger partial charge in [-0.25, -0.2) is 0 Å². The monoisotopic (exact) mass is 370 g/mol. The Morgan fingerprint density at radius 2 is 1.38 bits per heavy atom. The van der Waals surface area contributed by atoms with Crippen LogP contribution in [0.1, 0.15) is 31.2 Å². The van der Waals surface area contributed by atoms with E-state index in [-0.39, 0.29) is 23.7 Å². The van der Waals surface area contributed by atoms with Gasteiger partial charge >= 0.3 is 0 Å². The highest BCUT2D eigenvalue weighted by Gasteiger charge is 2.30. The van der Waals surface area contributed by atoms with Crippen LogP contribution in [0.2, 0.25) is 5.02 Å². The molecule has 136 valence electrons. The summed E-state index contributed by atoms with van der Waals surface area (Å²) in [5, 5.41) is 6.56. The Morgan fingerprint density at radius 3 is 1.92 bits per heavy atom. The molecule has 2 aromatic rings. The summed E-state index contributed by atoms with van der Waals surface area (Å²) in [4.78, 5) is 24.9. The molecule has 1 fully saturated rings. The summed E-state index contributed by atoms with van der Waals surface area (Å²) in [5.41, 5.74) is 2.70. The molecule has 0 bridgehead atoms. The van der Waals surface area contributed by atoms with Crippen molar-refractivity contribution < 1.29 is 9.59 Å². The Morgan fingerprint density at radius 1 is 0.846 bits per heavy atom. The van der Waals surface area contributed by atoms with Crippen LogP contribution in [-0.2, 0) is 9.59 Å². The Balaban J connectivity index is 1.49. The third-order valence-corrected chi connectivity index (χ3v) is 5.12. The molecule has 5 heteroatoms. The molecule has 4 nitrogen and oxygen atoms in total. The first-order chi connectivity index (χ1) is 12.5. The molecule has 0 radical (unpaired) electrons. The van der Waals surface area contributed by atoms with Gasteiger partial charge in [-0.2, -0.15) is 0 Å². The van der Waals surface area contributed by atoms with Crippen molar-refractivity contribution in [3.8, 4) is 0 Å². The standard InChI is InChI=1S/C21H23ClN2O2/c1-14-3-2-4-19(13-14)24-21(26)16-7-5-15(6-8-16)20(25)23-18-11-9-17(22)10-12-18/h2-4,9-13,15-16H,5-8H2,1H3,(H,23,25)(H,24,26). The average Bonchev–Trinajstić information content (AvgIpc) is 2.64. The summed E-state index contributed by atoms with van der Waals surface area (Å²) >= 11 is 5.86. The Hall–Kier alpha value is -2.33. The van der Waals surface area contributed by atoms with Crippen LogP contribution in [0.5, 0.6) is 0 Å². The summed E-state index contributed by atoms with van der Waals surface area (Å²) in [6, 6.07) is 14.9. The Bertz CT molecular complexity index is 781. The molecule has 2 N–H and O–H groups in total. The number of aryl methyl sites for hydroxylation is 1. The molecule has 2 aromatic carbocycles. The lowest BCUT2D eigenvalue weighted by Gasteiger charge is -2.27. The van der Waals surface area contributed by atoms with E-state index in [4.69, 9.17) is 11.6 Å². The van der Waals surface area contributed by atoms with Crippen LogP contribution in [0.25, 0.3) is 0 Å². The fraction of sp³-hybridized carbons (Fsp3) is 0.333. The van der Waals surface area contributed by atoms with Gasteiger partial charge in [0.1, 0.15) is 0 Å². The molecule has 0 atom stereocenters. The van der Waals surface area contributed by atoms with Crippen molar-refractivity contribution in [1.82, 2.24) is 0 Å². The molecule has 0 saturated heterocycles. The lowest BCUT2D eigenvalue weighted by atomic mass is 9.81. The fourth-order valence-electron chi connectivity index (χ4n) is 3.36. The minimum absolute atomic E-state index is 0.0184. The zero-order valence-electron chi connectivity index (χ0n) is 14.8. The predicted octanol–water partition coefficient (Wildman–Crippen LogP) is 5.03. The van der Waals surface area contributed by atoms with Crippen LogP contribution >= 0.6 is 11.6 Å². The van der Waals surface area contributed by atoms with Gasteiger partial charge in [0.15, 0.2) is 0 Å². The lowest BCUT2D eigenvalue weighted by Crippen LogP contribution is -2.32. The predicted molar refractivity (Wildman–Crippen MR) is 105 cm³/mol. The molecule has 0 spiro atoms. The first kappa shape index (κ1) is 18.5. The molecular formula is C21H23ClN2O2. The van der Waals surface area contributed by atoms with Gasteiger partial charge in [0.2, 0.25) is 11.8 Å². The average molecular weight is 371 g/mol. The number of amides is 2. The van der Waals surface area contributed by atoms with Crippen LogP contribution in [0.4, 0.5) is 11.4 Å². The zero-order valence-corrected chi connectivity index (χ0v) is 15.6.